The Kier molecular flexibility index (Phi) is 10.3. The normalized spacial score (nSPS) is 10.6. The molecule has 14 heteroatoms. The molecule has 0 aliphatic carbocycles. The molecule has 3 N–H and O–H groups in total. The number of aromatic nitrogens is 3. The molecule has 0 bridgehead atoms. The fourth-order valence-corrected chi connectivity index (χ4v) is 3.91. The lowest BCUT2D eigenvalue weighted by Gasteiger charge is -2.24. The zero-order chi connectivity index (χ0) is 30.1. The molecule has 14 nitrogen and oxygen atoms in total. The van der Waals surface area contributed by atoms with Gasteiger partial charge in [0.1, 0.15) is 11.8 Å². The van der Waals surface area contributed by atoms with Crippen molar-refractivity contribution >= 4 is 46.9 Å². The molecular weight excluding hydrogens is 536 g/mol. The van der Waals surface area contributed by atoms with E-state index >= 15 is 0 Å². The van der Waals surface area contributed by atoms with Gasteiger partial charge in [-0.15, -0.1) is 0 Å². The number of aliphatic carboxylic acids is 1. The summed E-state index contributed by atoms with van der Waals surface area (Å²) >= 11 is 0. The molecule has 3 aromatic rings. The van der Waals surface area contributed by atoms with Crippen molar-refractivity contribution < 1.29 is 38.6 Å². The average Bonchev–Trinajstić information content (AvgIpc) is 3.28. The molecule has 0 spiro atoms. The number of ether oxygens (including phenoxy) is 2. The third kappa shape index (κ3) is 7.35. The van der Waals surface area contributed by atoms with Crippen molar-refractivity contribution in [3.05, 3.63) is 53.0 Å². The van der Waals surface area contributed by atoms with Gasteiger partial charge in [0.05, 0.1) is 24.1 Å². The molecule has 2 aromatic heterocycles. The summed E-state index contributed by atoms with van der Waals surface area (Å²) in [6.45, 7) is 7.17. The molecule has 0 atom stereocenters. The first kappa shape index (κ1) is 30.5. The summed E-state index contributed by atoms with van der Waals surface area (Å²) in [4.78, 5) is 66.9. The number of carbonyl (C=O) groups is 5. The van der Waals surface area contributed by atoms with Crippen LogP contribution in [0.1, 0.15) is 65.0 Å². The summed E-state index contributed by atoms with van der Waals surface area (Å²) in [5.74, 6) is -2.68. The van der Waals surface area contributed by atoms with E-state index in [0.29, 0.717) is 35.3 Å². The minimum absolute atomic E-state index is 0.0467. The Labute approximate surface area is 235 Å². The zero-order valence-electron chi connectivity index (χ0n) is 23.2. The minimum Gasteiger partial charge on any atom is -0.481 e. The van der Waals surface area contributed by atoms with Gasteiger partial charge in [-0.1, -0.05) is 13.0 Å². The molecule has 0 aliphatic rings. The summed E-state index contributed by atoms with van der Waals surface area (Å²) in [7, 11) is 0. The van der Waals surface area contributed by atoms with Crippen LogP contribution in [0, 0.1) is 13.8 Å². The second-order valence-corrected chi connectivity index (χ2v) is 8.93. The van der Waals surface area contributed by atoms with Crippen molar-refractivity contribution in [3.8, 4) is 0 Å². The van der Waals surface area contributed by atoms with Gasteiger partial charge < -0.3 is 25.2 Å². The van der Waals surface area contributed by atoms with Gasteiger partial charge in [-0.2, -0.15) is 5.10 Å². The Morgan fingerprint density at radius 2 is 1.78 bits per heavy atom. The highest BCUT2D eigenvalue weighted by atomic mass is 16.7. The number of esters is 1. The Bertz CT molecular complexity index is 1470. The molecule has 0 saturated heterocycles. The number of aryl methyl sites for hydroxylation is 2. The topological polar surface area (TPSA) is 182 Å². The van der Waals surface area contributed by atoms with Crippen LogP contribution in [0.25, 0.3) is 5.52 Å². The van der Waals surface area contributed by atoms with E-state index in [1.165, 1.54) is 23.1 Å². The quantitative estimate of drug-likeness (QED) is 0.217. The smallest absolute Gasteiger partial charge is 0.423 e. The minimum atomic E-state index is -1.18. The Balaban J connectivity index is 2.08. The van der Waals surface area contributed by atoms with Crippen LogP contribution in [0.5, 0.6) is 0 Å². The molecule has 1 aromatic carbocycles. The van der Waals surface area contributed by atoms with Crippen LogP contribution in [0.3, 0.4) is 0 Å². The number of carbonyl (C=O) groups excluding carboxylic acids is 4. The second-order valence-electron chi connectivity index (χ2n) is 8.93. The molecule has 0 saturated carbocycles. The Hall–Kier alpha value is -5.01. The highest BCUT2D eigenvalue weighted by Crippen LogP contribution is 2.34. The van der Waals surface area contributed by atoms with Gasteiger partial charge in [0.15, 0.2) is 5.82 Å². The van der Waals surface area contributed by atoms with Gasteiger partial charge in [0, 0.05) is 24.8 Å². The fourth-order valence-electron chi connectivity index (χ4n) is 3.91. The molecule has 0 aliphatic heterocycles. The van der Waals surface area contributed by atoms with Gasteiger partial charge in [-0.25, -0.2) is 19.2 Å². The van der Waals surface area contributed by atoms with Gasteiger partial charge in [-0.05, 0) is 50.5 Å². The zero-order valence-corrected chi connectivity index (χ0v) is 23.2. The summed E-state index contributed by atoms with van der Waals surface area (Å²) in [6, 6.07) is 4.75. The maximum absolute atomic E-state index is 13.6. The number of carboxylic acid groups (broad SMARTS) is 1. The van der Waals surface area contributed by atoms with Crippen LogP contribution in [0.4, 0.5) is 16.3 Å². The summed E-state index contributed by atoms with van der Waals surface area (Å²) < 4.78 is 11.5. The first-order valence-corrected chi connectivity index (χ1v) is 12.9. The number of benzene rings is 1. The number of carboxylic acids is 1. The third-order valence-corrected chi connectivity index (χ3v) is 5.98. The van der Waals surface area contributed by atoms with E-state index in [9.17, 15) is 24.0 Å². The SMILES string of the molecule is CCCNC(=O)c1cn2ncnc(N(C(=O)OCOC(=O)CCC(=O)O)c3cc(C(=O)NCC)ccc3C)c2c1C. The second kappa shape index (κ2) is 13.9. The van der Waals surface area contributed by atoms with E-state index in [2.05, 4.69) is 20.7 Å². The molecule has 0 fully saturated rings. The summed E-state index contributed by atoms with van der Waals surface area (Å²) in [6.07, 6.45) is 1.61. The lowest BCUT2D eigenvalue weighted by atomic mass is 10.1. The van der Waals surface area contributed by atoms with Crippen molar-refractivity contribution in [1.82, 2.24) is 25.2 Å². The van der Waals surface area contributed by atoms with Gasteiger partial charge in [0.25, 0.3) is 11.8 Å². The van der Waals surface area contributed by atoms with E-state index in [1.54, 1.807) is 32.9 Å². The van der Waals surface area contributed by atoms with Gasteiger partial charge >= 0.3 is 18.0 Å². The van der Waals surface area contributed by atoms with Crippen molar-refractivity contribution in [2.75, 3.05) is 24.8 Å². The summed E-state index contributed by atoms with van der Waals surface area (Å²) in [5.41, 5.74) is 2.23. The Morgan fingerprint density at radius 3 is 2.46 bits per heavy atom. The monoisotopic (exact) mass is 568 g/mol. The van der Waals surface area contributed by atoms with Crippen LogP contribution in [-0.4, -0.2) is 69.4 Å². The highest BCUT2D eigenvalue weighted by Gasteiger charge is 2.29. The molecule has 0 unspecified atom stereocenters. The van der Waals surface area contributed by atoms with Crippen molar-refractivity contribution in [2.24, 2.45) is 0 Å². The lowest BCUT2D eigenvalue weighted by Crippen LogP contribution is -2.31. The van der Waals surface area contributed by atoms with Crippen LogP contribution >= 0.6 is 0 Å². The van der Waals surface area contributed by atoms with E-state index in [-0.39, 0.29) is 28.9 Å². The summed E-state index contributed by atoms with van der Waals surface area (Å²) in [5, 5.41) is 18.5. The number of rotatable bonds is 12. The number of hydrogen-bond donors (Lipinski definition) is 3. The maximum Gasteiger partial charge on any atom is 0.423 e. The predicted octanol–water partition coefficient (Wildman–Crippen LogP) is 2.88. The van der Waals surface area contributed by atoms with Crippen molar-refractivity contribution in [2.45, 2.75) is 47.0 Å². The Morgan fingerprint density at radius 1 is 1.02 bits per heavy atom. The largest absolute Gasteiger partial charge is 0.481 e. The van der Waals surface area contributed by atoms with E-state index in [1.807, 2.05) is 6.92 Å². The molecule has 2 heterocycles. The number of anilines is 2. The number of fused-ring (bicyclic) bond motifs is 1. The first-order chi connectivity index (χ1) is 19.6. The first-order valence-electron chi connectivity index (χ1n) is 12.9. The van der Waals surface area contributed by atoms with Crippen LogP contribution in [-0.2, 0) is 19.1 Å². The predicted molar refractivity (Wildman–Crippen MR) is 146 cm³/mol. The molecule has 0 radical (unpaired) electrons. The number of amides is 3. The van der Waals surface area contributed by atoms with E-state index in [0.717, 1.165) is 11.3 Å². The van der Waals surface area contributed by atoms with Crippen molar-refractivity contribution in [3.63, 3.8) is 0 Å². The molecule has 3 rings (SSSR count). The molecule has 3 amide bonds. The molecule has 218 valence electrons. The molecular formula is C27H32N6O8. The van der Waals surface area contributed by atoms with Crippen LogP contribution in [0.2, 0.25) is 0 Å². The molecule has 41 heavy (non-hydrogen) atoms. The third-order valence-electron chi connectivity index (χ3n) is 5.98. The number of hydrogen-bond acceptors (Lipinski definition) is 9. The van der Waals surface area contributed by atoms with Crippen LogP contribution in [0.15, 0.2) is 30.7 Å². The average molecular weight is 569 g/mol. The van der Waals surface area contributed by atoms with Crippen LogP contribution < -0.4 is 15.5 Å². The standard InChI is InChI=1S/C27H32N6O8/c1-5-11-29-26(38)19-13-32-23(17(19)4)24(30-14-31-32)33(27(39)41-15-40-22(36)10-9-21(34)35)20-12-18(8-7-16(20)3)25(37)28-6-2/h7-8,12-14H,5-6,9-11,15H2,1-4H3,(H,28,37)(H,29,38)(H,34,35). The maximum atomic E-state index is 13.6. The van der Waals surface area contributed by atoms with E-state index in [4.69, 9.17) is 14.6 Å². The fraction of sp³-hybridized carbons (Fsp3) is 0.370. The van der Waals surface area contributed by atoms with E-state index < -0.39 is 37.7 Å². The highest BCUT2D eigenvalue weighted by molar-refractivity contribution is 6.05. The van der Waals surface area contributed by atoms with Gasteiger partial charge in [0.2, 0.25) is 6.79 Å². The van der Waals surface area contributed by atoms with Crippen molar-refractivity contribution in [1.29, 1.82) is 0 Å². The lowest BCUT2D eigenvalue weighted by molar-refractivity contribution is -0.154. The van der Waals surface area contributed by atoms with Gasteiger partial charge in [-0.3, -0.25) is 19.2 Å². The number of nitrogens with zero attached hydrogens (tertiary/aromatic N) is 4. The number of nitrogens with one attached hydrogen (secondary N) is 2.